The Morgan fingerprint density at radius 2 is 2.10 bits per heavy atom. The fraction of sp³-hybridized carbons (Fsp3) is 0.625. The second kappa shape index (κ2) is 6.89. The van der Waals surface area contributed by atoms with Gasteiger partial charge >= 0.3 is 0 Å². The maximum Gasteiger partial charge on any atom is 0.152 e. The molecule has 0 saturated heterocycles. The first-order valence-corrected chi connectivity index (χ1v) is 7.69. The molecule has 0 aliphatic rings. The Hall–Kier alpha value is -1.62. The van der Waals surface area contributed by atoms with Gasteiger partial charge in [0.05, 0.1) is 5.69 Å². The second-order valence-electron chi connectivity index (χ2n) is 6.28. The summed E-state index contributed by atoms with van der Waals surface area (Å²) in [5.74, 6) is 0.885. The third-order valence-electron chi connectivity index (χ3n) is 3.26. The zero-order valence-electron chi connectivity index (χ0n) is 13.5. The Kier molecular flexibility index (Phi) is 5.17. The van der Waals surface area contributed by atoms with Gasteiger partial charge in [-0.15, -0.1) is 0 Å². The molecule has 0 amide bonds. The molecule has 0 saturated carbocycles. The van der Waals surface area contributed by atoms with E-state index >= 15 is 0 Å². The van der Waals surface area contributed by atoms with Crippen molar-refractivity contribution in [2.45, 2.75) is 46.0 Å². The van der Waals surface area contributed by atoms with Crippen LogP contribution in [0.25, 0.3) is 5.52 Å². The van der Waals surface area contributed by atoms with Crippen molar-refractivity contribution >= 4 is 11.3 Å². The standard InChI is InChI=1S/C16H26N4O/c1-5-10-21-11-6-7-17-15-13-12-14(16(2,3)4)19-20(13)9-8-18-15/h8-9,12H,5-7,10-11H2,1-4H3,(H,17,18). The maximum atomic E-state index is 5.48. The van der Waals surface area contributed by atoms with Gasteiger partial charge in [-0.1, -0.05) is 27.7 Å². The topological polar surface area (TPSA) is 51.5 Å². The van der Waals surface area contributed by atoms with Crippen molar-refractivity contribution in [3.8, 4) is 0 Å². The number of nitrogens with one attached hydrogen (secondary N) is 1. The summed E-state index contributed by atoms with van der Waals surface area (Å²) in [4.78, 5) is 4.42. The summed E-state index contributed by atoms with van der Waals surface area (Å²) in [5.41, 5.74) is 2.14. The van der Waals surface area contributed by atoms with Crippen molar-refractivity contribution in [3.05, 3.63) is 24.2 Å². The first kappa shape index (κ1) is 15.8. The normalized spacial score (nSPS) is 12.0. The zero-order valence-corrected chi connectivity index (χ0v) is 13.5. The number of hydrogen-bond acceptors (Lipinski definition) is 4. The quantitative estimate of drug-likeness (QED) is 0.795. The molecule has 0 aliphatic heterocycles. The predicted molar refractivity (Wildman–Crippen MR) is 85.9 cm³/mol. The number of nitrogens with zero attached hydrogens (tertiary/aromatic N) is 3. The molecule has 0 unspecified atom stereocenters. The van der Waals surface area contributed by atoms with E-state index < -0.39 is 0 Å². The Labute approximate surface area is 126 Å². The number of hydrogen-bond donors (Lipinski definition) is 1. The molecule has 2 heterocycles. The molecule has 0 atom stereocenters. The number of anilines is 1. The van der Waals surface area contributed by atoms with Crippen molar-refractivity contribution in [1.29, 1.82) is 0 Å². The Balaban J connectivity index is 2.01. The van der Waals surface area contributed by atoms with E-state index in [-0.39, 0.29) is 5.41 Å². The number of fused-ring (bicyclic) bond motifs is 1. The molecule has 0 fully saturated rings. The molecule has 0 spiro atoms. The summed E-state index contributed by atoms with van der Waals surface area (Å²) >= 11 is 0. The monoisotopic (exact) mass is 290 g/mol. The molecule has 2 aromatic heterocycles. The molecule has 0 aromatic carbocycles. The lowest BCUT2D eigenvalue weighted by molar-refractivity contribution is 0.134. The highest BCUT2D eigenvalue weighted by Crippen LogP contribution is 2.24. The highest BCUT2D eigenvalue weighted by molar-refractivity contribution is 5.68. The number of aromatic nitrogens is 3. The minimum absolute atomic E-state index is 0.0390. The molecule has 0 bridgehead atoms. The second-order valence-corrected chi connectivity index (χ2v) is 6.28. The third-order valence-corrected chi connectivity index (χ3v) is 3.26. The Morgan fingerprint density at radius 3 is 2.81 bits per heavy atom. The molecule has 2 rings (SSSR count). The lowest BCUT2D eigenvalue weighted by Crippen LogP contribution is -2.11. The third kappa shape index (κ3) is 4.17. The van der Waals surface area contributed by atoms with Crippen LogP contribution in [0.4, 0.5) is 5.82 Å². The van der Waals surface area contributed by atoms with Crippen molar-refractivity contribution in [2.75, 3.05) is 25.1 Å². The highest BCUT2D eigenvalue weighted by Gasteiger charge is 2.18. The molecule has 21 heavy (non-hydrogen) atoms. The van der Waals surface area contributed by atoms with Gasteiger partial charge in [-0.2, -0.15) is 5.10 Å². The summed E-state index contributed by atoms with van der Waals surface area (Å²) in [5, 5.41) is 8.00. The summed E-state index contributed by atoms with van der Waals surface area (Å²) in [6.07, 6.45) is 5.71. The molecule has 116 valence electrons. The van der Waals surface area contributed by atoms with E-state index in [1.165, 1.54) is 0 Å². The van der Waals surface area contributed by atoms with Gasteiger partial charge in [0, 0.05) is 37.6 Å². The van der Waals surface area contributed by atoms with Crippen molar-refractivity contribution in [2.24, 2.45) is 0 Å². The zero-order chi connectivity index (χ0) is 15.3. The summed E-state index contributed by atoms with van der Waals surface area (Å²) in [7, 11) is 0. The van der Waals surface area contributed by atoms with Crippen LogP contribution in [0.5, 0.6) is 0 Å². The van der Waals surface area contributed by atoms with Gasteiger partial charge in [0.25, 0.3) is 0 Å². The van der Waals surface area contributed by atoms with Crippen LogP contribution in [0.15, 0.2) is 18.5 Å². The molecule has 5 nitrogen and oxygen atoms in total. The van der Waals surface area contributed by atoms with Crippen LogP contribution in [-0.4, -0.2) is 34.4 Å². The van der Waals surface area contributed by atoms with Crippen LogP contribution >= 0.6 is 0 Å². The minimum atomic E-state index is 0.0390. The van der Waals surface area contributed by atoms with Crippen LogP contribution < -0.4 is 5.32 Å². The van der Waals surface area contributed by atoms with E-state index in [0.717, 1.165) is 49.6 Å². The van der Waals surface area contributed by atoms with Crippen molar-refractivity contribution in [1.82, 2.24) is 14.6 Å². The summed E-state index contributed by atoms with van der Waals surface area (Å²) < 4.78 is 7.37. The molecule has 2 aromatic rings. The molecule has 5 heteroatoms. The van der Waals surface area contributed by atoms with E-state index in [9.17, 15) is 0 Å². The SMILES string of the molecule is CCCOCCCNc1nccn2nc(C(C)(C)C)cc12. The van der Waals surface area contributed by atoms with Gasteiger partial charge in [0.2, 0.25) is 0 Å². The molecular formula is C16H26N4O. The van der Waals surface area contributed by atoms with E-state index in [2.05, 4.69) is 49.2 Å². The highest BCUT2D eigenvalue weighted by atomic mass is 16.5. The molecule has 0 radical (unpaired) electrons. The van der Waals surface area contributed by atoms with E-state index in [0.29, 0.717) is 0 Å². The van der Waals surface area contributed by atoms with Crippen LogP contribution in [0, 0.1) is 0 Å². The van der Waals surface area contributed by atoms with Gasteiger partial charge in [-0.25, -0.2) is 9.50 Å². The number of ether oxygens (including phenoxy) is 1. The molecule has 0 aliphatic carbocycles. The fourth-order valence-corrected chi connectivity index (χ4v) is 2.05. The van der Waals surface area contributed by atoms with Gasteiger partial charge in [0.15, 0.2) is 5.82 Å². The molecular weight excluding hydrogens is 264 g/mol. The van der Waals surface area contributed by atoms with E-state index in [1.807, 2.05) is 10.7 Å². The van der Waals surface area contributed by atoms with Gasteiger partial charge in [0.1, 0.15) is 5.52 Å². The van der Waals surface area contributed by atoms with E-state index in [1.54, 1.807) is 6.20 Å². The molecule has 1 N–H and O–H groups in total. The van der Waals surface area contributed by atoms with Crippen LogP contribution in [-0.2, 0) is 10.2 Å². The average Bonchev–Trinajstić information content (AvgIpc) is 2.87. The smallest absolute Gasteiger partial charge is 0.152 e. The minimum Gasteiger partial charge on any atom is -0.381 e. The summed E-state index contributed by atoms with van der Waals surface area (Å²) in [6, 6.07) is 2.11. The fourth-order valence-electron chi connectivity index (χ4n) is 2.05. The van der Waals surface area contributed by atoms with Gasteiger partial charge < -0.3 is 10.1 Å². The van der Waals surface area contributed by atoms with Gasteiger partial charge in [-0.05, 0) is 18.9 Å². The van der Waals surface area contributed by atoms with Crippen LogP contribution in [0.2, 0.25) is 0 Å². The summed E-state index contributed by atoms with van der Waals surface area (Å²) in [6.45, 7) is 11.1. The largest absolute Gasteiger partial charge is 0.381 e. The van der Waals surface area contributed by atoms with Crippen molar-refractivity contribution < 1.29 is 4.74 Å². The van der Waals surface area contributed by atoms with Gasteiger partial charge in [-0.3, -0.25) is 0 Å². The first-order valence-electron chi connectivity index (χ1n) is 7.69. The number of rotatable bonds is 7. The average molecular weight is 290 g/mol. The van der Waals surface area contributed by atoms with Crippen molar-refractivity contribution in [3.63, 3.8) is 0 Å². The Morgan fingerprint density at radius 1 is 1.29 bits per heavy atom. The first-order chi connectivity index (χ1) is 10.0. The lowest BCUT2D eigenvalue weighted by Gasteiger charge is -2.13. The predicted octanol–water partition coefficient (Wildman–Crippen LogP) is 3.26. The van der Waals surface area contributed by atoms with Crippen LogP contribution in [0.1, 0.15) is 46.2 Å². The lowest BCUT2D eigenvalue weighted by atomic mass is 9.92. The maximum absolute atomic E-state index is 5.48. The Bertz CT molecular complexity index is 571. The van der Waals surface area contributed by atoms with E-state index in [4.69, 9.17) is 4.74 Å². The van der Waals surface area contributed by atoms with Crippen LogP contribution in [0.3, 0.4) is 0 Å².